The molecule has 1 aliphatic rings. The number of amides is 1. The van der Waals surface area contributed by atoms with Gasteiger partial charge in [0.2, 0.25) is 10.0 Å². The van der Waals surface area contributed by atoms with Gasteiger partial charge in [-0.1, -0.05) is 48.5 Å². The molecule has 36 heavy (non-hydrogen) atoms. The number of sulfonamides is 1. The van der Waals surface area contributed by atoms with Gasteiger partial charge in [-0.3, -0.25) is 14.0 Å². The summed E-state index contributed by atoms with van der Waals surface area (Å²) in [6.45, 7) is 7.71. The first-order valence-corrected chi connectivity index (χ1v) is 14.3. The van der Waals surface area contributed by atoms with Crippen molar-refractivity contribution in [3.05, 3.63) is 100 Å². The van der Waals surface area contributed by atoms with Gasteiger partial charge in [0.15, 0.2) is 0 Å². The molecule has 1 saturated heterocycles. The van der Waals surface area contributed by atoms with Crippen LogP contribution in [0.5, 0.6) is 0 Å². The molecule has 0 radical (unpaired) electrons. The Morgan fingerprint density at radius 3 is 2.28 bits per heavy atom. The Balaban J connectivity index is 1.42. The second-order valence-corrected chi connectivity index (χ2v) is 11.6. The van der Waals surface area contributed by atoms with Gasteiger partial charge in [-0.2, -0.15) is 0 Å². The van der Waals surface area contributed by atoms with E-state index in [1.807, 2.05) is 56.3 Å². The minimum Gasteiger partial charge on any atom is -0.348 e. The van der Waals surface area contributed by atoms with Crippen LogP contribution in [0.4, 0.5) is 5.69 Å². The number of carbonyl (C=O) groups excluding carboxylic acids is 1. The summed E-state index contributed by atoms with van der Waals surface area (Å²) in [5.74, 6) is -0.146. The maximum absolute atomic E-state index is 12.8. The largest absolute Gasteiger partial charge is 0.348 e. The lowest BCUT2D eigenvalue weighted by Crippen LogP contribution is -2.30. The van der Waals surface area contributed by atoms with Crippen molar-refractivity contribution in [2.45, 2.75) is 46.3 Å². The maximum atomic E-state index is 12.8. The van der Waals surface area contributed by atoms with Gasteiger partial charge in [-0.25, -0.2) is 8.42 Å². The first kappa shape index (κ1) is 25.9. The van der Waals surface area contributed by atoms with Crippen LogP contribution in [0.15, 0.2) is 66.7 Å². The number of nitrogens with zero attached hydrogens (tertiary/aromatic N) is 2. The molecule has 1 heterocycles. The molecule has 0 bridgehead atoms. The topological polar surface area (TPSA) is 69.7 Å². The molecule has 0 spiro atoms. The molecule has 190 valence electrons. The molecule has 4 rings (SSSR count). The van der Waals surface area contributed by atoms with Gasteiger partial charge in [0, 0.05) is 18.7 Å². The molecule has 1 aliphatic heterocycles. The minimum absolute atomic E-state index is 0.146. The van der Waals surface area contributed by atoms with Crippen LogP contribution >= 0.6 is 0 Å². The Morgan fingerprint density at radius 2 is 1.61 bits per heavy atom. The van der Waals surface area contributed by atoms with Crippen LogP contribution in [-0.4, -0.2) is 38.6 Å². The Bertz CT molecular complexity index is 1310. The highest BCUT2D eigenvalue weighted by atomic mass is 32.2. The van der Waals surface area contributed by atoms with E-state index >= 15 is 0 Å². The van der Waals surface area contributed by atoms with Gasteiger partial charge in [-0.05, 0) is 85.8 Å². The Hall–Kier alpha value is -3.16. The van der Waals surface area contributed by atoms with E-state index in [-0.39, 0.29) is 12.5 Å². The van der Waals surface area contributed by atoms with E-state index in [4.69, 9.17) is 0 Å². The SMILES string of the molecule is Cc1ccc(C)c(N(Cc2ccc(C(=O)NCc3ccccc3CN3CCCC3)cc2)S(C)(=O)=O)c1. The van der Waals surface area contributed by atoms with Crippen LogP contribution < -0.4 is 9.62 Å². The summed E-state index contributed by atoms with van der Waals surface area (Å²) in [6, 6.07) is 21.2. The second kappa shape index (κ2) is 11.3. The number of rotatable bonds is 9. The van der Waals surface area contributed by atoms with Crippen molar-refractivity contribution in [3.63, 3.8) is 0 Å². The lowest BCUT2D eigenvalue weighted by atomic mass is 10.1. The Morgan fingerprint density at radius 1 is 0.944 bits per heavy atom. The molecule has 0 unspecified atom stereocenters. The zero-order valence-corrected chi connectivity index (χ0v) is 22.1. The number of carbonyl (C=O) groups is 1. The average Bonchev–Trinajstić information content (AvgIpc) is 3.36. The Labute approximate surface area is 215 Å². The number of benzene rings is 3. The van der Waals surface area contributed by atoms with Crippen molar-refractivity contribution in [1.29, 1.82) is 0 Å². The standard InChI is InChI=1S/C29H35N3O3S/c1-22-10-11-23(2)28(18-22)32(36(3,34)35)20-24-12-14-25(15-13-24)29(33)30-19-26-8-4-5-9-27(26)21-31-16-6-7-17-31/h4-5,8-15,18H,6-7,16-17,19-21H2,1-3H3,(H,30,33). The van der Waals surface area contributed by atoms with Crippen molar-refractivity contribution < 1.29 is 13.2 Å². The maximum Gasteiger partial charge on any atom is 0.251 e. The van der Waals surface area contributed by atoms with Gasteiger partial charge in [0.25, 0.3) is 5.91 Å². The van der Waals surface area contributed by atoms with Crippen LogP contribution in [0.2, 0.25) is 0 Å². The van der Waals surface area contributed by atoms with Crippen LogP contribution in [0, 0.1) is 13.8 Å². The van der Waals surface area contributed by atoms with Crippen LogP contribution in [0.25, 0.3) is 0 Å². The van der Waals surface area contributed by atoms with Gasteiger partial charge in [0.1, 0.15) is 0 Å². The first-order chi connectivity index (χ1) is 17.2. The van der Waals surface area contributed by atoms with E-state index in [0.29, 0.717) is 17.8 Å². The predicted molar refractivity (Wildman–Crippen MR) is 146 cm³/mol. The average molecular weight is 506 g/mol. The summed E-state index contributed by atoms with van der Waals surface area (Å²) in [5.41, 5.74) is 6.31. The summed E-state index contributed by atoms with van der Waals surface area (Å²) < 4.78 is 26.6. The molecule has 0 saturated carbocycles. The van der Waals surface area contributed by atoms with Gasteiger partial charge in [-0.15, -0.1) is 0 Å². The van der Waals surface area contributed by atoms with Crippen molar-refractivity contribution in [1.82, 2.24) is 10.2 Å². The summed E-state index contributed by atoms with van der Waals surface area (Å²) >= 11 is 0. The lowest BCUT2D eigenvalue weighted by molar-refractivity contribution is 0.0950. The van der Waals surface area contributed by atoms with E-state index in [1.54, 1.807) is 12.1 Å². The van der Waals surface area contributed by atoms with E-state index in [9.17, 15) is 13.2 Å². The van der Waals surface area contributed by atoms with Gasteiger partial charge in [0.05, 0.1) is 18.5 Å². The van der Waals surface area contributed by atoms with E-state index in [1.165, 1.54) is 29.0 Å². The number of hydrogen-bond acceptors (Lipinski definition) is 4. The quantitative estimate of drug-likeness (QED) is 0.454. The van der Waals surface area contributed by atoms with Crippen molar-refractivity contribution >= 4 is 21.6 Å². The molecule has 0 aromatic heterocycles. The van der Waals surface area contributed by atoms with Crippen molar-refractivity contribution in [3.8, 4) is 0 Å². The normalized spacial score (nSPS) is 14.1. The third-order valence-electron chi connectivity index (χ3n) is 6.73. The van der Waals surface area contributed by atoms with Crippen LogP contribution in [0.1, 0.15) is 51.0 Å². The number of aryl methyl sites for hydroxylation is 2. The zero-order chi connectivity index (χ0) is 25.7. The highest BCUT2D eigenvalue weighted by Gasteiger charge is 2.20. The summed E-state index contributed by atoms with van der Waals surface area (Å²) in [4.78, 5) is 15.3. The molecule has 1 N–H and O–H groups in total. The fourth-order valence-corrected chi connectivity index (χ4v) is 5.58. The number of likely N-dealkylation sites (tertiary alicyclic amines) is 1. The fourth-order valence-electron chi connectivity index (χ4n) is 4.64. The Kier molecular flexibility index (Phi) is 8.11. The van der Waals surface area contributed by atoms with E-state index < -0.39 is 10.0 Å². The van der Waals surface area contributed by atoms with Gasteiger partial charge >= 0.3 is 0 Å². The molecule has 7 heteroatoms. The highest BCUT2D eigenvalue weighted by molar-refractivity contribution is 7.92. The second-order valence-electron chi connectivity index (χ2n) is 9.69. The monoisotopic (exact) mass is 505 g/mol. The summed E-state index contributed by atoms with van der Waals surface area (Å²) in [7, 11) is -3.48. The zero-order valence-electron chi connectivity index (χ0n) is 21.3. The number of hydrogen-bond donors (Lipinski definition) is 1. The van der Waals surface area contributed by atoms with Gasteiger partial charge < -0.3 is 5.32 Å². The number of anilines is 1. The molecule has 6 nitrogen and oxygen atoms in total. The fraction of sp³-hybridized carbons (Fsp3) is 0.345. The molecule has 1 amide bonds. The molecule has 0 atom stereocenters. The highest BCUT2D eigenvalue weighted by Crippen LogP contribution is 2.26. The van der Waals surface area contributed by atoms with E-state index in [2.05, 4.69) is 22.3 Å². The van der Waals surface area contributed by atoms with Crippen LogP contribution in [0.3, 0.4) is 0 Å². The lowest BCUT2D eigenvalue weighted by Gasteiger charge is -2.25. The number of nitrogens with one attached hydrogen (secondary N) is 1. The molecular formula is C29H35N3O3S. The minimum atomic E-state index is -3.48. The van der Waals surface area contributed by atoms with E-state index in [0.717, 1.165) is 41.9 Å². The van der Waals surface area contributed by atoms with Crippen molar-refractivity contribution in [2.24, 2.45) is 0 Å². The molecule has 3 aromatic carbocycles. The first-order valence-electron chi connectivity index (χ1n) is 12.4. The smallest absolute Gasteiger partial charge is 0.251 e. The summed E-state index contributed by atoms with van der Waals surface area (Å²) in [6.07, 6.45) is 3.72. The molecule has 1 fully saturated rings. The molecular weight excluding hydrogens is 470 g/mol. The molecule has 0 aliphatic carbocycles. The third-order valence-corrected chi connectivity index (χ3v) is 7.85. The summed E-state index contributed by atoms with van der Waals surface area (Å²) in [5, 5.41) is 3.04. The van der Waals surface area contributed by atoms with Crippen molar-refractivity contribution in [2.75, 3.05) is 23.7 Å². The third kappa shape index (κ3) is 6.53. The van der Waals surface area contributed by atoms with Crippen LogP contribution in [-0.2, 0) is 29.7 Å². The predicted octanol–water partition coefficient (Wildman–Crippen LogP) is 4.80. The molecule has 3 aromatic rings.